The molecule has 3 rings (SSSR count). The van der Waals surface area contributed by atoms with Crippen molar-refractivity contribution in [3.8, 4) is 0 Å². The van der Waals surface area contributed by atoms with Crippen LogP contribution in [0.5, 0.6) is 0 Å². The maximum Gasteiger partial charge on any atom is 0.0441 e. The van der Waals surface area contributed by atoms with Crippen molar-refractivity contribution >= 4 is 33.1 Å². The van der Waals surface area contributed by atoms with Gasteiger partial charge in [-0.2, -0.15) is 0 Å². The summed E-state index contributed by atoms with van der Waals surface area (Å²) in [5, 5.41) is 5.92. The van der Waals surface area contributed by atoms with E-state index >= 15 is 0 Å². The Morgan fingerprint density at radius 2 is 1.50 bits per heavy atom. The number of rotatable bonds is 0. The molecule has 0 heterocycles. The topological polar surface area (TPSA) is 0 Å². The van der Waals surface area contributed by atoms with Crippen LogP contribution in [-0.2, 0) is 0 Å². The fourth-order valence-corrected chi connectivity index (χ4v) is 2.38. The van der Waals surface area contributed by atoms with E-state index in [2.05, 4.69) is 49.4 Å². The Kier molecular flexibility index (Phi) is 2.12. The Bertz CT molecular complexity index is 683. The molecule has 3 aromatic carbocycles. The molecule has 0 unspecified atom stereocenters. The Morgan fingerprint density at radius 1 is 0.750 bits per heavy atom. The molecule has 16 heavy (non-hydrogen) atoms. The van der Waals surface area contributed by atoms with Gasteiger partial charge in [0.05, 0.1) is 0 Å². The predicted molar refractivity (Wildman–Crippen MR) is 71.2 cm³/mol. The number of hydrogen-bond acceptors (Lipinski definition) is 0. The van der Waals surface area contributed by atoms with Crippen LogP contribution in [0.25, 0.3) is 21.5 Å². The van der Waals surface area contributed by atoms with Gasteiger partial charge < -0.3 is 0 Å². The quantitative estimate of drug-likeness (QED) is 0.476. The minimum atomic E-state index is 0.836. The Hall–Kier alpha value is -1.53. The van der Waals surface area contributed by atoms with Crippen LogP contribution in [-0.4, -0.2) is 0 Å². The largest absolute Gasteiger partial charge is 0.0840 e. The van der Waals surface area contributed by atoms with Crippen molar-refractivity contribution < 1.29 is 0 Å². The van der Waals surface area contributed by atoms with Crippen LogP contribution < -0.4 is 0 Å². The molecule has 0 radical (unpaired) electrons. The zero-order valence-corrected chi connectivity index (χ0v) is 9.75. The summed E-state index contributed by atoms with van der Waals surface area (Å²) in [6, 6.07) is 16.8. The molecule has 0 spiro atoms. The minimum Gasteiger partial charge on any atom is -0.0840 e. The van der Waals surface area contributed by atoms with Gasteiger partial charge in [-0.05, 0) is 40.1 Å². The molecule has 0 fully saturated rings. The second-order valence-electron chi connectivity index (χ2n) is 4.05. The second-order valence-corrected chi connectivity index (χ2v) is 4.46. The zero-order valence-electron chi connectivity index (χ0n) is 9.00. The van der Waals surface area contributed by atoms with E-state index in [0.29, 0.717) is 0 Å². The molecule has 0 bridgehead atoms. The van der Waals surface area contributed by atoms with Crippen molar-refractivity contribution in [2.24, 2.45) is 0 Å². The lowest BCUT2D eigenvalue weighted by atomic mass is 9.99. The van der Waals surface area contributed by atoms with E-state index in [0.717, 1.165) is 10.6 Å². The van der Waals surface area contributed by atoms with Gasteiger partial charge in [0.25, 0.3) is 0 Å². The number of benzene rings is 3. The normalized spacial score (nSPS) is 11.1. The van der Waals surface area contributed by atoms with E-state index in [-0.39, 0.29) is 0 Å². The van der Waals surface area contributed by atoms with Crippen molar-refractivity contribution in [1.82, 2.24) is 0 Å². The lowest BCUT2D eigenvalue weighted by Crippen LogP contribution is -1.82. The molecule has 78 valence electrons. The standard InChI is InChI=1S/C15H11Cl/c1-10-12-7-6-11-4-2-3-5-13(11)14(12)8-9-15(10)16/h2-9H,1H3. The van der Waals surface area contributed by atoms with Crippen LogP contribution in [0.1, 0.15) is 5.56 Å². The van der Waals surface area contributed by atoms with Crippen molar-refractivity contribution in [3.63, 3.8) is 0 Å². The van der Waals surface area contributed by atoms with Crippen molar-refractivity contribution in [1.29, 1.82) is 0 Å². The van der Waals surface area contributed by atoms with E-state index < -0.39 is 0 Å². The van der Waals surface area contributed by atoms with E-state index in [1.807, 2.05) is 6.07 Å². The Morgan fingerprint density at radius 3 is 2.38 bits per heavy atom. The average molecular weight is 227 g/mol. The molecule has 1 heteroatoms. The molecule has 0 aromatic heterocycles. The first-order valence-corrected chi connectivity index (χ1v) is 5.72. The molecular formula is C15H11Cl. The monoisotopic (exact) mass is 226 g/mol. The van der Waals surface area contributed by atoms with Crippen molar-refractivity contribution in [2.75, 3.05) is 0 Å². The van der Waals surface area contributed by atoms with E-state index in [4.69, 9.17) is 11.6 Å². The number of hydrogen-bond donors (Lipinski definition) is 0. The van der Waals surface area contributed by atoms with Crippen LogP contribution in [0.4, 0.5) is 0 Å². The first kappa shape index (κ1) is 9.68. The third-order valence-electron chi connectivity index (χ3n) is 3.13. The predicted octanol–water partition coefficient (Wildman–Crippen LogP) is 4.95. The highest BCUT2D eigenvalue weighted by molar-refractivity contribution is 6.32. The highest BCUT2D eigenvalue weighted by Gasteiger charge is 2.04. The summed E-state index contributed by atoms with van der Waals surface area (Å²) in [5.41, 5.74) is 1.16. The number of fused-ring (bicyclic) bond motifs is 3. The van der Waals surface area contributed by atoms with Crippen LogP contribution in [0.3, 0.4) is 0 Å². The fourth-order valence-electron chi connectivity index (χ4n) is 2.21. The van der Waals surface area contributed by atoms with Gasteiger partial charge in [-0.1, -0.05) is 54.1 Å². The second kappa shape index (κ2) is 3.50. The molecule has 0 amide bonds. The first-order valence-electron chi connectivity index (χ1n) is 5.34. The molecular weight excluding hydrogens is 216 g/mol. The van der Waals surface area contributed by atoms with Crippen LogP contribution in [0.15, 0.2) is 48.5 Å². The SMILES string of the molecule is Cc1c(Cl)ccc2c1ccc1ccccc12. The molecule has 3 aromatic rings. The van der Waals surface area contributed by atoms with Gasteiger partial charge in [0.15, 0.2) is 0 Å². The minimum absolute atomic E-state index is 0.836. The summed E-state index contributed by atoms with van der Waals surface area (Å²) >= 11 is 6.14. The van der Waals surface area contributed by atoms with Crippen molar-refractivity contribution in [3.05, 3.63) is 59.1 Å². The Balaban J connectivity index is 2.58. The maximum absolute atomic E-state index is 6.14. The molecule has 0 aliphatic heterocycles. The number of halogens is 1. The third kappa shape index (κ3) is 1.30. The highest BCUT2D eigenvalue weighted by atomic mass is 35.5. The molecule has 0 N–H and O–H groups in total. The van der Waals surface area contributed by atoms with Gasteiger partial charge >= 0.3 is 0 Å². The molecule has 0 saturated heterocycles. The lowest BCUT2D eigenvalue weighted by molar-refractivity contribution is 1.54. The van der Waals surface area contributed by atoms with Crippen LogP contribution >= 0.6 is 11.6 Å². The van der Waals surface area contributed by atoms with Gasteiger partial charge in [-0.15, -0.1) is 0 Å². The smallest absolute Gasteiger partial charge is 0.0441 e. The van der Waals surface area contributed by atoms with E-state index in [1.54, 1.807) is 0 Å². The van der Waals surface area contributed by atoms with Gasteiger partial charge in [-0.25, -0.2) is 0 Å². The van der Waals surface area contributed by atoms with Crippen molar-refractivity contribution in [2.45, 2.75) is 6.92 Å². The Labute approximate surface area is 99.5 Å². The van der Waals surface area contributed by atoms with Gasteiger partial charge in [0.2, 0.25) is 0 Å². The molecule has 0 atom stereocenters. The summed E-state index contributed by atoms with van der Waals surface area (Å²) in [6.45, 7) is 2.07. The summed E-state index contributed by atoms with van der Waals surface area (Å²) in [5.74, 6) is 0. The number of aryl methyl sites for hydroxylation is 1. The lowest BCUT2D eigenvalue weighted by Gasteiger charge is -2.07. The summed E-state index contributed by atoms with van der Waals surface area (Å²) < 4.78 is 0. The average Bonchev–Trinajstić information content (AvgIpc) is 2.33. The van der Waals surface area contributed by atoms with Crippen LogP contribution in [0.2, 0.25) is 5.02 Å². The van der Waals surface area contributed by atoms with Crippen LogP contribution in [0, 0.1) is 6.92 Å². The molecule has 0 nitrogen and oxygen atoms in total. The fraction of sp³-hybridized carbons (Fsp3) is 0.0667. The van der Waals surface area contributed by atoms with E-state index in [1.165, 1.54) is 21.5 Å². The van der Waals surface area contributed by atoms with Gasteiger partial charge in [0.1, 0.15) is 0 Å². The zero-order chi connectivity index (χ0) is 11.1. The van der Waals surface area contributed by atoms with Gasteiger partial charge in [0, 0.05) is 5.02 Å². The highest BCUT2D eigenvalue weighted by Crippen LogP contribution is 2.30. The summed E-state index contributed by atoms with van der Waals surface area (Å²) in [6.07, 6.45) is 0. The maximum atomic E-state index is 6.14. The third-order valence-corrected chi connectivity index (χ3v) is 3.54. The molecule has 0 aliphatic rings. The molecule has 0 saturated carbocycles. The molecule has 0 aliphatic carbocycles. The summed E-state index contributed by atoms with van der Waals surface area (Å²) in [4.78, 5) is 0. The first-order chi connectivity index (χ1) is 7.77. The summed E-state index contributed by atoms with van der Waals surface area (Å²) in [7, 11) is 0. The van der Waals surface area contributed by atoms with Gasteiger partial charge in [-0.3, -0.25) is 0 Å². The van der Waals surface area contributed by atoms with E-state index in [9.17, 15) is 0 Å².